The lowest BCUT2D eigenvalue weighted by Crippen LogP contribution is -2.42. The van der Waals surface area contributed by atoms with Crippen molar-refractivity contribution in [1.29, 1.82) is 0 Å². The van der Waals surface area contributed by atoms with Crippen molar-refractivity contribution in [2.24, 2.45) is 0 Å². The maximum absolute atomic E-state index is 12.9. The number of piperidine rings is 1. The molecule has 0 bridgehead atoms. The van der Waals surface area contributed by atoms with Crippen LogP contribution in [0.2, 0.25) is 0 Å². The standard InChI is InChI=1S/C22H33FN2O3/c1-3-14-24(2)15-6-4-5-7-18-27-20-12-16-25(17-13-20)22(26)28-21-10-8-19(23)9-11-21/h3,8-11,20H,1,4-7,12-18H2,2H3. The third-order valence-corrected chi connectivity index (χ3v) is 4.95. The van der Waals surface area contributed by atoms with Gasteiger partial charge in [-0.05, 0) is 63.5 Å². The smallest absolute Gasteiger partial charge is 0.410 e. The van der Waals surface area contributed by atoms with Gasteiger partial charge in [-0.25, -0.2) is 9.18 Å². The Hall–Kier alpha value is -1.92. The van der Waals surface area contributed by atoms with Crippen molar-refractivity contribution in [2.45, 2.75) is 44.6 Å². The molecule has 0 aliphatic carbocycles. The molecular formula is C22H33FN2O3. The number of hydrogen-bond acceptors (Lipinski definition) is 4. The second kappa shape index (κ2) is 12.5. The molecule has 0 unspecified atom stereocenters. The van der Waals surface area contributed by atoms with Crippen LogP contribution in [0.1, 0.15) is 38.5 Å². The zero-order chi connectivity index (χ0) is 20.2. The summed E-state index contributed by atoms with van der Waals surface area (Å²) in [5.74, 6) is 0.0123. The highest BCUT2D eigenvalue weighted by Gasteiger charge is 2.24. The molecule has 2 rings (SSSR count). The first-order valence-electron chi connectivity index (χ1n) is 10.2. The van der Waals surface area contributed by atoms with Crippen molar-refractivity contribution >= 4 is 6.09 Å². The maximum atomic E-state index is 12.9. The average Bonchev–Trinajstić information content (AvgIpc) is 2.69. The number of halogens is 1. The Morgan fingerprint density at radius 2 is 1.89 bits per heavy atom. The van der Waals surface area contributed by atoms with Crippen LogP contribution in [0, 0.1) is 5.82 Å². The van der Waals surface area contributed by atoms with Crippen LogP contribution in [0.25, 0.3) is 0 Å². The number of benzene rings is 1. The van der Waals surface area contributed by atoms with Gasteiger partial charge in [0.1, 0.15) is 11.6 Å². The van der Waals surface area contributed by atoms with Gasteiger partial charge in [-0.2, -0.15) is 0 Å². The van der Waals surface area contributed by atoms with E-state index in [2.05, 4.69) is 18.5 Å². The minimum Gasteiger partial charge on any atom is -0.410 e. The summed E-state index contributed by atoms with van der Waals surface area (Å²) in [7, 11) is 2.12. The topological polar surface area (TPSA) is 42.0 Å². The Kier molecular flexibility index (Phi) is 10.0. The van der Waals surface area contributed by atoms with Crippen LogP contribution < -0.4 is 4.74 Å². The van der Waals surface area contributed by atoms with E-state index in [-0.39, 0.29) is 18.0 Å². The van der Waals surface area contributed by atoms with E-state index >= 15 is 0 Å². The monoisotopic (exact) mass is 392 g/mol. The van der Waals surface area contributed by atoms with Gasteiger partial charge in [-0.15, -0.1) is 6.58 Å². The lowest BCUT2D eigenvalue weighted by Gasteiger charge is -2.31. The number of likely N-dealkylation sites (N-methyl/N-ethyl adjacent to an activating group) is 1. The summed E-state index contributed by atoms with van der Waals surface area (Å²) >= 11 is 0. The van der Waals surface area contributed by atoms with Crippen molar-refractivity contribution < 1.29 is 18.7 Å². The van der Waals surface area contributed by atoms with Crippen LogP contribution >= 0.6 is 0 Å². The number of likely N-dealkylation sites (tertiary alicyclic amines) is 1. The second-order valence-corrected chi connectivity index (χ2v) is 7.34. The molecule has 0 N–H and O–H groups in total. The van der Waals surface area contributed by atoms with E-state index in [4.69, 9.17) is 9.47 Å². The van der Waals surface area contributed by atoms with Gasteiger partial charge >= 0.3 is 6.09 Å². The molecule has 0 atom stereocenters. The van der Waals surface area contributed by atoms with Crippen LogP contribution in [0.3, 0.4) is 0 Å². The van der Waals surface area contributed by atoms with Crippen molar-refractivity contribution in [3.63, 3.8) is 0 Å². The molecule has 1 saturated heterocycles. The highest BCUT2D eigenvalue weighted by atomic mass is 19.1. The van der Waals surface area contributed by atoms with Gasteiger partial charge in [-0.1, -0.05) is 18.9 Å². The number of hydrogen-bond donors (Lipinski definition) is 0. The summed E-state index contributed by atoms with van der Waals surface area (Å²) < 4.78 is 24.1. The predicted octanol–water partition coefficient (Wildman–Crippen LogP) is 4.48. The minimum atomic E-state index is -0.383. The minimum absolute atomic E-state index is 0.216. The van der Waals surface area contributed by atoms with Crippen LogP contribution in [0.4, 0.5) is 9.18 Å². The average molecular weight is 393 g/mol. The van der Waals surface area contributed by atoms with Crippen LogP contribution in [0.5, 0.6) is 5.75 Å². The quantitative estimate of drug-likeness (QED) is 0.411. The Balaban J connectivity index is 1.52. The number of carbonyl (C=O) groups is 1. The molecule has 0 radical (unpaired) electrons. The summed E-state index contributed by atoms with van der Waals surface area (Å²) in [5, 5.41) is 0. The molecule has 1 fully saturated rings. The van der Waals surface area contributed by atoms with Crippen molar-refractivity contribution in [1.82, 2.24) is 9.80 Å². The maximum Gasteiger partial charge on any atom is 0.415 e. The van der Waals surface area contributed by atoms with Gasteiger partial charge in [0.05, 0.1) is 6.10 Å². The fraction of sp³-hybridized carbons (Fsp3) is 0.591. The van der Waals surface area contributed by atoms with Crippen molar-refractivity contribution in [3.8, 4) is 5.75 Å². The molecule has 0 aromatic heterocycles. The Labute approximate surface area is 168 Å². The number of nitrogens with zero attached hydrogens (tertiary/aromatic N) is 2. The molecule has 1 aliphatic rings. The molecule has 1 heterocycles. The lowest BCUT2D eigenvalue weighted by atomic mass is 10.1. The van der Waals surface area contributed by atoms with E-state index in [1.165, 1.54) is 43.5 Å². The first-order valence-corrected chi connectivity index (χ1v) is 10.2. The predicted molar refractivity (Wildman–Crippen MR) is 109 cm³/mol. The highest BCUT2D eigenvalue weighted by molar-refractivity contribution is 5.70. The van der Waals surface area contributed by atoms with Gasteiger partial charge in [0.2, 0.25) is 0 Å². The fourth-order valence-corrected chi connectivity index (χ4v) is 3.27. The first-order chi connectivity index (χ1) is 13.6. The second-order valence-electron chi connectivity index (χ2n) is 7.34. The van der Waals surface area contributed by atoms with Gasteiger partial charge in [0.25, 0.3) is 0 Å². The van der Waals surface area contributed by atoms with E-state index in [9.17, 15) is 9.18 Å². The zero-order valence-electron chi connectivity index (χ0n) is 16.9. The Morgan fingerprint density at radius 1 is 1.21 bits per heavy atom. The summed E-state index contributed by atoms with van der Waals surface area (Å²) in [6.45, 7) is 7.84. The van der Waals surface area contributed by atoms with Crippen molar-refractivity contribution in [3.05, 3.63) is 42.7 Å². The number of carbonyl (C=O) groups excluding carboxylic acids is 1. The van der Waals surface area contributed by atoms with Crippen LogP contribution in [-0.2, 0) is 4.74 Å². The molecule has 0 saturated carbocycles. The van der Waals surface area contributed by atoms with E-state index in [0.29, 0.717) is 18.8 Å². The molecule has 156 valence electrons. The van der Waals surface area contributed by atoms with Crippen molar-refractivity contribution in [2.75, 3.05) is 39.8 Å². The third-order valence-electron chi connectivity index (χ3n) is 4.95. The Bertz CT molecular complexity index is 586. The zero-order valence-corrected chi connectivity index (χ0v) is 16.9. The van der Waals surface area contributed by atoms with Gasteiger partial charge in [0.15, 0.2) is 0 Å². The first kappa shape index (κ1) is 22.4. The summed E-state index contributed by atoms with van der Waals surface area (Å²) in [6.07, 6.45) is 8.11. The molecule has 6 heteroatoms. The largest absolute Gasteiger partial charge is 0.415 e. The summed E-state index contributed by atoms with van der Waals surface area (Å²) in [6, 6.07) is 5.48. The van der Waals surface area contributed by atoms with E-state index < -0.39 is 0 Å². The third kappa shape index (κ3) is 8.40. The lowest BCUT2D eigenvalue weighted by molar-refractivity contribution is 0.00929. The van der Waals surface area contributed by atoms with E-state index in [0.717, 1.165) is 39.0 Å². The van der Waals surface area contributed by atoms with E-state index in [1.807, 2.05) is 6.08 Å². The fourth-order valence-electron chi connectivity index (χ4n) is 3.27. The molecule has 1 amide bonds. The van der Waals surface area contributed by atoms with Crippen LogP contribution in [0.15, 0.2) is 36.9 Å². The van der Waals surface area contributed by atoms with Gasteiger partial charge < -0.3 is 19.3 Å². The number of ether oxygens (including phenoxy) is 2. The molecule has 1 aliphatic heterocycles. The summed E-state index contributed by atoms with van der Waals surface area (Å²) in [4.78, 5) is 16.1. The van der Waals surface area contributed by atoms with Crippen LogP contribution in [-0.4, -0.2) is 61.8 Å². The SMILES string of the molecule is C=CCN(C)CCCCCCOC1CCN(C(=O)Oc2ccc(F)cc2)CC1. The van der Waals surface area contributed by atoms with E-state index in [1.54, 1.807) is 4.90 Å². The number of rotatable bonds is 11. The number of amides is 1. The molecule has 1 aromatic carbocycles. The normalized spacial score (nSPS) is 15.0. The Morgan fingerprint density at radius 3 is 2.57 bits per heavy atom. The van der Waals surface area contributed by atoms with Gasteiger partial charge in [0, 0.05) is 26.2 Å². The molecule has 1 aromatic rings. The molecule has 5 nitrogen and oxygen atoms in total. The molecule has 28 heavy (non-hydrogen) atoms. The number of unbranched alkanes of at least 4 members (excludes halogenated alkanes) is 3. The molecular weight excluding hydrogens is 359 g/mol. The molecule has 0 spiro atoms. The summed E-state index contributed by atoms with van der Waals surface area (Å²) in [5.41, 5.74) is 0. The highest BCUT2D eigenvalue weighted by Crippen LogP contribution is 2.18. The van der Waals surface area contributed by atoms with Gasteiger partial charge in [-0.3, -0.25) is 0 Å².